The molecule has 0 bridgehead atoms. The summed E-state index contributed by atoms with van der Waals surface area (Å²) in [5.74, 6) is -0.804. The molecule has 0 aromatic carbocycles. The van der Waals surface area contributed by atoms with E-state index >= 15 is 0 Å². The summed E-state index contributed by atoms with van der Waals surface area (Å²) >= 11 is 0. The number of carbonyl (C=O) groups is 1. The predicted molar refractivity (Wildman–Crippen MR) is 66.2 cm³/mol. The van der Waals surface area contributed by atoms with E-state index in [-0.39, 0.29) is 5.54 Å². The summed E-state index contributed by atoms with van der Waals surface area (Å²) in [5.41, 5.74) is -1.01. The Morgan fingerprint density at radius 2 is 2.24 bits per heavy atom. The van der Waals surface area contributed by atoms with Gasteiger partial charge >= 0.3 is 5.97 Å². The molecule has 0 aromatic heterocycles. The predicted octanol–water partition coefficient (Wildman–Crippen LogP) is 0.550. The maximum absolute atomic E-state index is 11.4. The number of carboxylic acid groups (broad SMARTS) is 1. The second-order valence-corrected chi connectivity index (χ2v) is 5.45. The van der Waals surface area contributed by atoms with Crippen molar-refractivity contribution in [2.24, 2.45) is 0 Å². The molecule has 0 aromatic rings. The number of aliphatic carboxylic acids is 1. The van der Waals surface area contributed by atoms with Gasteiger partial charge in [-0.2, -0.15) is 0 Å². The lowest BCUT2D eigenvalue weighted by molar-refractivity contribution is -0.147. The molecular weight excluding hydrogens is 220 g/mol. The van der Waals surface area contributed by atoms with E-state index in [1.807, 2.05) is 6.92 Å². The smallest absolute Gasteiger partial charge is 0.324 e. The highest BCUT2D eigenvalue weighted by Gasteiger charge is 2.40. The van der Waals surface area contributed by atoms with Crippen molar-refractivity contribution in [1.29, 1.82) is 0 Å². The van der Waals surface area contributed by atoms with Crippen LogP contribution in [-0.4, -0.2) is 59.9 Å². The van der Waals surface area contributed by atoms with Gasteiger partial charge in [-0.3, -0.25) is 9.69 Å². The lowest BCUT2D eigenvalue weighted by Crippen LogP contribution is -2.63. The van der Waals surface area contributed by atoms with Crippen molar-refractivity contribution in [3.8, 4) is 0 Å². The second kappa shape index (κ2) is 5.33. The first-order valence-electron chi connectivity index (χ1n) is 6.13. The first-order valence-corrected chi connectivity index (χ1v) is 6.13. The Kier molecular flexibility index (Phi) is 4.52. The van der Waals surface area contributed by atoms with Gasteiger partial charge in [-0.05, 0) is 27.3 Å². The highest BCUT2D eigenvalue weighted by Crippen LogP contribution is 2.21. The molecule has 0 aliphatic carbocycles. The van der Waals surface area contributed by atoms with Crippen LogP contribution in [-0.2, 0) is 9.53 Å². The summed E-state index contributed by atoms with van der Waals surface area (Å²) in [4.78, 5) is 13.6. The average molecular weight is 244 g/mol. The minimum atomic E-state index is -0.899. The van der Waals surface area contributed by atoms with E-state index in [0.717, 1.165) is 6.54 Å². The topological polar surface area (TPSA) is 61.8 Å². The number of carboxylic acids is 1. The summed E-state index contributed by atoms with van der Waals surface area (Å²) in [6, 6.07) is 0. The molecule has 1 heterocycles. The van der Waals surface area contributed by atoms with Gasteiger partial charge in [0.1, 0.15) is 5.54 Å². The fourth-order valence-electron chi connectivity index (χ4n) is 2.15. The van der Waals surface area contributed by atoms with Crippen LogP contribution in [0.25, 0.3) is 0 Å². The van der Waals surface area contributed by atoms with Crippen molar-refractivity contribution >= 4 is 5.97 Å². The summed E-state index contributed by atoms with van der Waals surface area (Å²) in [5, 5.41) is 12.4. The normalized spacial score (nSPS) is 24.2. The minimum Gasteiger partial charge on any atom is -0.480 e. The first-order chi connectivity index (χ1) is 7.82. The molecule has 0 radical (unpaired) electrons. The summed E-state index contributed by atoms with van der Waals surface area (Å²) < 4.78 is 5.44. The lowest BCUT2D eigenvalue weighted by atomic mass is 9.95. The van der Waals surface area contributed by atoms with Crippen LogP contribution in [0.1, 0.15) is 27.7 Å². The van der Waals surface area contributed by atoms with Crippen LogP contribution in [0.15, 0.2) is 0 Å². The first kappa shape index (κ1) is 14.4. The molecule has 5 heteroatoms. The average Bonchev–Trinajstić information content (AvgIpc) is 2.21. The van der Waals surface area contributed by atoms with E-state index < -0.39 is 11.5 Å². The largest absolute Gasteiger partial charge is 0.480 e. The zero-order chi connectivity index (χ0) is 13.1. The van der Waals surface area contributed by atoms with Gasteiger partial charge in [0.05, 0.1) is 13.2 Å². The molecule has 17 heavy (non-hydrogen) atoms. The Morgan fingerprint density at radius 3 is 2.71 bits per heavy atom. The molecule has 100 valence electrons. The Labute approximate surface area is 103 Å². The van der Waals surface area contributed by atoms with Crippen molar-refractivity contribution in [1.82, 2.24) is 10.2 Å². The molecule has 5 nitrogen and oxygen atoms in total. The molecule has 1 rings (SSSR count). The van der Waals surface area contributed by atoms with Crippen LogP contribution in [0.5, 0.6) is 0 Å². The monoisotopic (exact) mass is 244 g/mol. The standard InChI is InChI=1S/C12H24N2O3/c1-5-13-12(4,10(15)16)8-14-6-7-17-9-11(14,2)3/h13H,5-9H2,1-4H3,(H,15,16). The van der Waals surface area contributed by atoms with Crippen molar-refractivity contribution in [2.45, 2.75) is 38.8 Å². The molecule has 2 N–H and O–H groups in total. The van der Waals surface area contributed by atoms with Crippen LogP contribution >= 0.6 is 0 Å². The number of likely N-dealkylation sites (N-methyl/N-ethyl adjacent to an activating group) is 1. The quantitative estimate of drug-likeness (QED) is 0.739. The number of hydrogen-bond acceptors (Lipinski definition) is 4. The Bertz CT molecular complexity index is 281. The third-order valence-corrected chi connectivity index (χ3v) is 3.36. The zero-order valence-electron chi connectivity index (χ0n) is 11.2. The molecule has 0 saturated carbocycles. The molecule has 1 aliphatic heterocycles. The van der Waals surface area contributed by atoms with Gasteiger partial charge in [0.2, 0.25) is 0 Å². The van der Waals surface area contributed by atoms with Gasteiger partial charge in [-0.15, -0.1) is 0 Å². The van der Waals surface area contributed by atoms with Crippen LogP contribution in [0, 0.1) is 0 Å². The highest BCUT2D eigenvalue weighted by atomic mass is 16.5. The molecule has 1 saturated heterocycles. The maximum atomic E-state index is 11.4. The molecule has 1 aliphatic rings. The van der Waals surface area contributed by atoms with Gasteiger partial charge in [0.15, 0.2) is 0 Å². The lowest BCUT2D eigenvalue weighted by Gasteiger charge is -2.45. The number of nitrogens with one attached hydrogen (secondary N) is 1. The molecule has 1 fully saturated rings. The van der Waals surface area contributed by atoms with Crippen LogP contribution in [0.4, 0.5) is 0 Å². The van der Waals surface area contributed by atoms with Gasteiger partial charge in [-0.1, -0.05) is 6.92 Å². The van der Waals surface area contributed by atoms with E-state index in [0.29, 0.717) is 26.3 Å². The zero-order valence-corrected chi connectivity index (χ0v) is 11.2. The number of rotatable bonds is 5. The summed E-state index contributed by atoms with van der Waals surface area (Å²) in [7, 11) is 0. The van der Waals surface area contributed by atoms with Crippen molar-refractivity contribution < 1.29 is 14.6 Å². The Morgan fingerprint density at radius 1 is 1.59 bits per heavy atom. The molecule has 0 amide bonds. The van der Waals surface area contributed by atoms with Crippen molar-refractivity contribution in [3.63, 3.8) is 0 Å². The van der Waals surface area contributed by atoms with Gasteiger partial charge < -0.3 is 15.2 Å². The minimum absolute atomic E-state index is 0.107. The number of ether oxygens (including phenoxy) is 1. The summed E-state index contributed by atoms with van der Waals surface area (Å²) in [6.45, 7) is 11.1. The van der Waals surface area contributed by atoms with Crippen LogP contribution < -0.4 is 5.32 Å². The van der Waals surface area contributed by atoms with E-state index in [9.17, 15) is 9.90 Å². The van der Waals surface area contributed by atoms with Crippen LogP contribution in [0.2, 0.25) is 0 Å². The Balaban J connectivity index is 2.75. The molecular formula is C12H24N2O3. The van der Waals surface area contributed by atoms with Crippen LogP contribution in [0.3, 0.4) is 0 Å². The third kappa shape index (κ3) is 3.40. The van der Waals surface area contributed by atoms with Crippen molar-refractivity contribution in [3.05, 3.63) is 0 Å². The fraction of sp³-hybridized carbons (Fsp3) is 0.917. The summed E-state index contributed by atoms with van der Waals surface area (Å²) in [6.07, 6.45) is 0. The second-order valence-electron chi connectivity index (χ2n) is 5.45. The molecule has 0 spiro atoms. The maximum Gasteiger partial charge on any atom is 0.324 e. The van der Waals surface area contributed by atoms with E-state index in [1.165, 1.54) is 0 Å². The van der Waals surface area contributed by atoms with Gasteiger partial charge in [0.25, 0.3) is 0 Å². The Hall–Kier alpha value is -0.650. The van der Waals surface area contributed by atoms with Crippen molar-refractivity contribution in [2.75, 3.05) is 32.8 Å². The van der Waals surface area contributed by atoms with Gasteiger partial charge in [0, 0.05) is 18.6 Å². The number of hydrogen-bond donors (Lipinski definition) is 2. The van der Waals surface area contributed by atoms with E-state index in [2.05, 4.69) is 24.1 Å². The number of nitrogens with zero attached hydrogens (tertiary/aromatic N) is 1. The number of morpholine rings is 1. The fourth-order valence-corrected chi connectivity index (χ4v) is 2.15. The third-order valence-electron chi connectivity index (χ3n) is 3.36. The SMILES string of the molecule is CCNC(C)(CN1CCOCC1(C)C)C(=O)O. The highest BCUT2D eigenvalue weighted by molar-refractivity contribution is 5.78. The van der Waals surface area contributed by atoms with E-state index in [1.54, 1.807) is 6.92 Å². The van der Waals surface area contributed by atoms with Gasteiger partial charge in [-0.25, -0.2) is 0 Å². The molecule has 1 unspecified atom stereocenters. The van der Waals surface area contributed by atoms with E-state index in [4.69, 9.17) is 4.74 Å². The molecule has 1 atom stereocenters.